The number of hydrogen-bond acceptors (Lipinski definition) is 3. The molecule has 0 rings (SSSR count). The molecule has 5 N–H and O–H groups in total. The summed E-state index contributed by atoms with van der Waals surface area (Å²) in [6.07, 6.45) is 2.42. The molecule has 5 nitrogen and oxygen atoms in total. The van der Waals surface area contributed by atoms with E-state index < -0.39 is 5.54 Å². The van der Waals surface area contributed by atoms with E-state index in [2.05, 4.69) is 10.3 Å². The minimum atomic E-state index is -0.459. The van der Waals surface area contributed by atoms with Gasteiger partial charge in [0.25, 0.3) is 0 Å². The van der Waals surface area contributed by atoms with Gasteiger partial charge in [-0.2, -0.15) is 0 Å². The van der Waals surface area contributed by atoms with Crippen LogP contribution in [0.5, 0.6) is 0 Å². The number of nitrogens with one attached hydrogen (secondary N) is 1. The number of hydrogen-bond donors (Lipinski definition) is 3. The van der Waals surface area contributed by atoms with Crippen LogP contribution in [-0.2, 0) is 4.79 Å². The molecule has 0 amide bonds. The van der Waals surface area contributed by atoms with E-state index in [9.17, 15) is 4.79 Å². The van der Waals surface area contributed by atoms with Crippen molar-refractivity contribution in [3.05, 3.63) is 0 Å². The second-order valence-corrected chi connectivity index (χ2v) is 3.20. The van der Waals surface area contributed by atoms with Gasteiger partial charge in [0.1, 0.15) is 6.29 Å². The molecular weight excluding hydrogens is 168 g/mol. The van der Waals surface area contributed by atoms with Gasteiger partial charge in [-0.1, -0.05) is 0 Å². The largest absolute Gasteiger partial charge is 0.370 e. The molecule has 76 valence electrons. The van der Waals surface area contributed by atoms with Crippen LogP contribution in [-0.4, -0.2) is 31.4 Å². The zero-order chi connectivity index (χ0) is 10.3. The van der Waals surface area contributed by atoms with Crippen LogP contribution in [0, 0.1) is 0 Å². The van der Waals surface area contributed by atoms with E-state index >= 15 is 0 Å². The van der Waals surface area contributed by atoms with Crippen molar-refractivity contribution in [1.82, 2.24) is 5.32 Å². The van der Waals surface area contributed by atoms with Gasteiger partial charge in [0.05, 0.1) is 5.54 Å². The Morgan fingerprint density at radius 1 is 1.62 bits per heavy atom. The van der Waals surface area contributed by atoms with Gasteiger partial charge in [-0.3, -0.25) is 4.99 Å². The Kier molecular flexibility index (Phi) is 5.06. The second kappa shape index (κ2) is 5.53. The molecule has 0 aromatic rings. The molecule has 0 unspecified atom stereocenters. The summed E-state index contributed by atoms with van der Waals surface area (Å²) in [5.74, 6) is 0.0947. The van der Waals surface area contributed by atoms with Gasteiger partial charge in [0, 0.05) is 6.54 Å². The fraction of sp³-hybridized carbons (Fsp3) is 0.750. The first-order valence-electron chi connectivity index (χ1n) is 4.25. The number of likely N-dealkylation sites (N-methyl/N-ethyl adjacent to an activating group) is 1. The normalized spacial score (nSPS) is 14.6. The summed E-state index contributed by atoms with van der Waals surface area (Å²) in [4.78, 5) is 14.5. The van der Waals surface area contributed by atoms with E-state index in [0.717, 1.165) is 19.1 Å². The number of aliphatic imine (C=N–C) groups is 1. The standard InChI is InChI=1S/C8H18N4O/c1-8(6-13,11-2)4-3-5-12-7(9)10/h6,11H,3-5H2,1-2H3,(H4,9,10,12)/t8-/m0/s1. The Bertz CT molecular complexity index is 189. The van der Waals surface area contributed by atoms with E-state index in [1.165, 1.54) is 0 Å². The molecule has 0 aromatic heterocycles. The fourth-order valence-corrected chi connectivity index (χ4v) is 0.897. The summed E-state index contributed by atoms with van der Waals surface area (Å²) in [5.41, 5.74) is 9.84. The molecule has 0 fully saturated rings. The predicted octanol–water partition coefficient (Wildman–Crippen LogP) is -0.783. The van der Waals surface area contributed by atoms with Gasteiger partial charge >= 0.3 is 0 Å². The molecule has 0 bridgehead atoms. The number of rotatable bonds is 6. The van der Waals surface area contributed by atoms with Crippen molar-refractivity contribution in [2.24, 2.45) is 16.5 Å². The zero-order valence-electron chi connectivity index (χ0n) is 8.21. The van der Waals surface area contributed by atoms with Crippen LogP contribution >= 0.6 is 0 Å². The average molecular weight is 186 g/mol. The SMILES string of the molecule is CN[C@](C)(C=O)CCCN=C(N)N. The Morgan fingerprint density at radius 3 is 2.62 bits per heavy atom. The van der Waals surface area contributed by atoms with E-state index in [1.54, 1.807) is 7.05 Å². The minimum absolute atomic E-state index is 0.0947. The summed E-state index contributed by atoms with van der Waals surface area (Å²) >= 11 is 0. The lowest BCUT2D eigenvalue weighted by atomic mass is 9.98. The van der Waals surface area contributed by atoms with Crippen LogP contribution in [0.4, 0.5) is 0 Å². The number of guanidine groups is 1. The van der Waals surface area contributed by atoms with Crippen molar-refractivity contribution in [1.29, 1.82) is 0 Å². The molecule has 0 radical (unpaired) electrons. The summed E-state index contributed by atoms with van der Waals surface area (Å²) in [7, 11) is 1.76. The maximum absolute atomic E-state index is 10.6. The maximum Gasteiger partial charge on any atom is 0.185 e. The van der Waals surface area contributed by atoms with Gasteiger partial charge in [-0.05, 0) is 26.8 Å². The number of nitrogens with two attached hydrogens (primary N) is 2. The van der Waals surface area contributed by atoms with Crippen LogP contribution in [0.2, 0.25) is 0 Å². The minimum Gasteiger partial charge on any atom is -0.370 e. The molecule has 0 saturated heterocycles. The van der Waals surface area contributed by atoms with Gasteiger partial charge in [-0.15, -0.1) is 0 Å². The third kappa shape index (κ3) is 5.19. The monoisotopic (exact) mass is 186 g/mol. The first-order chi connectivity index (χ1) is 6.04. The molecule has 0 spiro atoms. The van der Waals surface area contributed by atoms with Crippen molar-refractivity contribution < 1.29 is 4.79 Å². The number of carbonyl (C=O) groups excluding carboxylic acids is 1. The summed E-state index contributed by atoms with van der Waals surface area (Å²) in [5, 5.41) is 2.94. The molecule has 0 aromatic carbocycles. The number of aldehydes is 1. The zero-order valence-corrected chi connectivity index (χ0v) is 8.21. The van der Waals surface area contributed by atoms with Crippen LogP contribution in [0.3, 0.4) is 0 Å². The van der Waals surface area contributed by atoms with Crippen molar-refractivity contribution in [2.45, 2.75) is 25.3 Å². The van der Waals surface area contributed by atoms with Crippen LogP contribution in [0.25, 0.3) is 0 Å². The summed E-state index contributed by atoms with van der Waals surface area (Å²) < 4.78 is 0. The molecule has 0 aliphatic carbocycles. The Balaban J connectivity index is 3.74. The van der Waals surface area contributed by atoms with Gasteiger partial charge < -0.3 is 21.6 Å². The van der Waals surface area contributed by atoms with Crippen LogP contribution in [0.1, 0.15) is 19.8 Å². The Morgan fingerprint density at radius 2 is 2.23 bits per heavy atom. The lowest BCUT2D eigenvalue weighted by molar-refractivity contribution is -0.112. The molecule has 5 heteroatoms. The highest BCUT2D eigenvalue weighted by atomic mass is 16.1. The molecular formula is C8H18N4O. The van der Waals surface area contributed by atoms with Gasteiger partial charge in [0.15, 0.2) is 5.96 Å². The lowest BCUT2D eigenvalue weighted by Gasteiger charge is -2.21. The fourth-order valence-electron chi connectivity index (χ4n) is 0.897. The molecule has 1 atom stereocenters. The Labute approximate surface area is 78.6 Å². The predicted molar refractivity (Wildman–Crippen MR) is 53.4 cm³/mol. The third-order valence-electron chi connectivity index (χ3n) is 1.98. The summed E-state index contributed by atoms with van der Waals surface area (Å²) in [6.45, 7) is 2.41. The van der Waals surface area contributed by atoms with E-state index in [4.69, 9.17) is 11.5 Å². The highest BCUT2D eigenvalue weighted by molar-refractivity contribution is 5.75. The van der Waals surface area contributed by atoms with E-state index in [-0.39, 0.29) is 5.96 Å². The van der Waals surface area contributed by atoms with Gasteiger partial charge in [-0.25, -0.2) is 0 Å². The van der Waals surface area contributed by atoms with E-state index in [1.807, 2.05) is 6.92 Å². The quantitative estimate of drug-likeness (QED) is 0.219. The molecule has 0 heterocycles. The van der Waals surface area contributed by atoms with Crippen LogP contribution < -0.4 is 16.8 Å². The number of carbonyl (C=O) groups is 1. The summed E-state index contributed by atoms with van der Waals surface area (Å²) in [6, 6.07) is 0. The second-order valence-electron chi connectivity index (χ2n) is 3.20. The topological polar surface area (TPSA) is 93.5 Å². The highest BCUT2D eigenvalue weighted by Crippen LogP contribution is 2.07. The van der Waals surface area contributed by atoms with Crippen LogP contribution in [0.15, 0.2) is 4.99 Å². The maximum atomic E-state index is 10.6. The van der Waals surface area contributed by atoms with Crippen molar-refractivity contribution in [3.8, 4) is 0 Å². The van der Waals surface area contributed by atoms with Crippen molar-refractivity contribution in [3.63, 3.8) is 0 Å². The highest BCUT2D eigenvalue weighted by Gasteiger charge is 2.19. The molecule has 0 saturated carbocycles. The van der Waals surface area contributed by atoms with Crippen molar-refractivity contribution in [2.75, 3.05) is 13.6 Å². The first-order valence-corrected chi connectivity index (χ1v) is 4.25. The van der Waals surface area contributed by atoms with Gasteiger partial charge in [0.2, 0.25) is 0 Å². The average Bonchev–Trinajstić information content (AvgIpc) is 2.12. The third-order valence-corrected chi connectivity index (χ3v) is 1.98. The first kappa shape index (κ1) is 11.9. The molecule has 13 heavy (non-hydrogen) atoms. The lowest BCUT2D eigenvalue weighted by Crippen LogP contribution is -2.41. The van der Waals surface area contributed by atoms with Crippen molar-refractivity contribution >= 4 is 12.2 Å². The number of nitrogens with zero attached hydrogens (tertiary/aromatic N) is 1. The van der Waals surface area contributed by atoms with E-state index in [0.29, 0.717) is 6.54 Å². The molecule has 0 aliphatic heterocycles. The Hall–Kier alpha value is -1.10. The molecule has 0 aliphatic rings. The smallest absolute Gasteiger partial charge is 0.185 e.